The summed E-state index contributed by atoms with van der Waals surface area (Å²) in [4.78, 5) is 0. The average molecular weight is 1060 g/mol. The Morgan fingerprint density at radius 2 is 0.943 bits per heavy atom. The summed E-state index contributed by atoms with van der Waals surface area (Å²) in [5.74, 6) is -1.62. The highest BCUT2D eigenvalue weighted by atomic mass is 127. The predicted molar refractivity (Wildman–Crippen MR) is 267 cm³/mol. The summed E-state index contributed by atoms with van der Waals surface area (Å²) >= 11 is 2.27. The number of benzene rings is 6. The Morgan fingerprint density at radius 1 is 0.514 bits per heavy atom. The lowest BCUT2D eigenvalue weighted by Crippen LogP contribution is -2.67. The van der Waals surface area contributed by atoms with Gasteiger partial charge in [0.2, 0.25) is 0 Å². The Balaban J connectivity index is 1.03. The van der Waals surface area contributed by atoms with Gasteiger partial charge in [-0.15, -0.1) is 0 Å². The van der Waals surface area contributed by atoms with E-state index in [-0.39, 0.29) is 52.7 Å². The quantitative estimate of drug-likeness (QED) is 0.0638. The van der Waals surface area contributed by atoms with Crippen LogP contribution in [0.5, 0.6) is 0 Å². The number of nitriles is 1. The molecule has 0 spiro atoms. The van der Waals surface area contributed by atoms with E-state index in [4.69, 9.17) is 52.1 Å². The Kier molecular flexibility index (Phi) is 17.9. The second-order valence-electron chi connectivity index (χ2n) is 17.5. The standard InChI is InChI=1S/C57H58INO11/c1-60-55-53(64-35-43-25-13-5-14-26-43)51(62-33-41-21-9-3-10-22-41)49(61-32-40-19-7-2-8-20-40)47(68-55)37-66-56-54(65-36-44-27-15-6-16-28-44)52(63-34-42-23-11-4-12-24-42)50-48(69-56)38-67-57(39-59,70-50)31-45-29-17-18-30-46(45)58/h2-30,47-56H,31-38H2,1H3/t47-,48-,49-,50-,51+,52+,53-,54+,55+,56-,57+/m1/s1. The van der Waals surface area contributed by atoms with Crippen LogP contribution in [-0.2, 0) is 91.6 Å². The maximum absolute atomic E-state index is 10.8. The second kappa shape index (κ2) is 25.0. The molecule has 12 nitrogen and oxygen atoms in total. The van der Waals surface area contributed by atoms with Crippen molar-refractivity contribution in [1.29, 1.82) is 5.26 Å². The molecule has 0 bridgehead atoms. The van der Waals surface area contributed by atoms with Gasteiger partial charge in [-0.3, -0.25) is 0 Å². The number of ether oxygens (including phenoxy) is 11. The first-order chi connectivity index (χ1) is 34.5. The molecule has 0 radical (unpaired) electrons. The fraction of sp³-hybridized carbons (Fsp3) is 0.351. The lowest BCUT2D eigenvalue weighted by molar-refractivity contribution is -0.391. The number of hydrogen-bond acceptors (Lipinski definition) is 12. The molecule has 70 heavy (non-hydrogen) atoms. The highest BCUT2D eigenvalue weighted by Crippen LogP contribution is 2.39. The Bertz CT molecular complexity index is 2520. The van der Waals surface area contributed by atoms with Gasteiger partial charge in [0.25, 0.3) is 5.79 Å². The van der Waals surface area contributed by atoms with Crippen molar-refractivity contribution in [3.05, 3.63) is 213 Å². The molecule has 3 aliphatic rings. The largest absolute Gasteiger partial charge is 0.368 e. The normalized spacial score (nSPS) is 27.6. The van der Waals surface area contributed by atoms with Crippen LogP contribution < -0.4 is 0 Å². The third-order valence-corrected chi connectivity index (χ3v) is 13.7. The van der Waals surface area contributed by atoms with E-state index in [1.54, 1.807) is 7.11 Å². The molecule has 0 N–H and O–H groups in total. The molecular weight excluding hydrogens is 1000 g/mol. The SMILES string of the molecule is CO[C@H]1O[C@H](CO[C@@H]2O[C@@H]3CO[C@@](C#N)(Cc4ccccc4I)O[C@H]3[C@H](OCc3ccccc3)[C@@H]2OCc2ccccc2)[C@@H](OCc2ccccc2)[C@H](OCc2ccccc2)[C@H]1OCc1ccccc1. The fourth-order valence-electron chi connectivity index (χ4n) is 9.00. The van der Waals surface area contributed by atoms with Gasteiger partial charge in [0, 0.05) is 17.1 Å². The van der Waals surface area contributed by atoms with Gasteiger partial charge in [-0.25, -0.2) is 0 Å². The van der Waals surface area contributed by atoms with E-state index in [2.05, 4.69) is 28.7 Å². The summed E-state index contributed by atoms with van der Waals surface area (Å²) in [7, 11) is 1.59. The molecule has 3 fully saturated rings. The fourth-order valence-corrected chi connectivity index (χ4v) is 9.58. The summed E-state index contributed by atoms with van der Waals surface area (Å²) in [6.07, 6.45) is -7.73. The van der Waals surface area contributed by atoms with Crippen LogP contribution in [0.15, 0.2) is 176 Å². The molecule has 0 unspecified atom stereocenters. The first-order valence-corrected chi connectivity index (χ1v) is 24.7. The highest BCUT2D eigenvalue weighted by molar-refractivity contribution is 14.1. The maximum Gasteiger partial charge on any atom is 0.264 e. The van der Waals surface area contributed by atoms with E-state index < -0.39 is 67.2 Å². The molecule has 0 saturated carbocycles. The van der Waals surface area contributed by atoms with Crippen LogP contribution in [0, 0.1) is 14.9 Å². The van der Waals surface area contributed by atoms with Crippen molar-refractivity contribution >= 4 is 22.6 Å². The zero-order valence-electron chi connectivity index (χ0n) is 39.0. The minimum atomic E-state index is -1.62. The molecule has 3 aliphatic heterocycles. The van der Waals surface area contributed by atoms with Gasteiger partial charge < -0.3 is 52.1 Å². The van der Waals surface area contributed by atoms with Crippen molar-refractivity contribution in [3.8, 4) is 6.07 Å². The van der Waals surface area contributed by atoms with E-state index >= 15 is 0 Å². The molecule has 6 aromatic rings. The van der Waals surface area contributed by atoms with Gasteiger partial charge in [-0.2, -0.15) is 5.26 Å². The van der Waals surface area contributed by atoms with Gasteiger partial charge in [0.05, 0.1) is 46.2 Å². The highest BCUT2D eigenvalue weighted by Gasteiger charge is 2.56. The number of nitrogens with zero attached hydrogens (tertiary/aromatic N) is 1. The van der Waals surface area contributed by atoms with Crippen LogP contribution in [-0.4, -0.2) is 87.5 Å². The summed E-state index contributed by atoms with van der Waals surface area (Å²) in [5.41, 5.74) is 5.76. The van der Waals surface area contributed by atoms with Gasteiger partial charge in [-0.1, -0.05) is 170 Å². The summed E-state index contributed by atoms with van der Waals surface area (Å²) in [6.45, 7) is 1.27. The number of hydrogen-bond donors (Lipinski definition) is 0. The van der Waals surface area contributed by atoms with Crippen LogP contribution >= 0.6 is 22.6 Å². The van der Waals surface area contributed by atoms with E-state index in [9.17, 15) is 5.26 Å². The van der Waals surface area contributed by atoms with Crippen molar-refractivity contribution in [2.45, 2.75) is 107 Å². The molecule has 364 valence electrons. The van der Waals surface area contributed by atoms with Crippen molar-refractivity contribution in [2.24, 2.45) is 0 Å². The van der Waals surface area contributed by atoms with Crippen LogP contribution in [0.4, 0.5) is 0 Å². The van der Waals surface area contributed by atoms with Crippen molar-refractivity contribution < 1.29 is 52.1 Å². The summed E-state index contributed by atoms with van der Waals surface area (Å²) < 4.78 is 75.1. The number of methoxy groups -OCH3 is 1. The number of rotatable bonds is 21. The molecule has 0 amide bonds. The van der Waals surface area contributed by atoms with Crippen molar-refractivity contribution in [2.75, 3.05) is 20.3 Å². The zero-order chi connectivity index (χ0) is 48.0. The topological polar surface area (TPSA) is 125 Å². The average Bonchev–Trinajstić information content (AvgIpc) is 3.41. The monoisotopic (exact) mass is 1060 g/mol. The molecule has 0 aliphatic carbocycles. The molecule has 6 aromatic carbocycles. The lowest BCUT2D eigenvalue weighted by Gasteiger charge is -2.51. The molecule has 3 heterocycles. The first-order valence-electron chi connectivity index (χ1n) is 23.7. The third kappa shape index (κ3) is 12.9. The molecule has 3 saturated heterocycles. The number of fused-ring (bicyclic) bond motifs is 1. The van der Waals surface area contributed by atoms with Gasteiger partial charge in [0.15, 0.2) is 12.6 Å². The maximum atomic E-state index is 10.8. The van der Waals surface area contributed by atoms with Crippen LogP contribution in [0.2, 0.25) is 0 Å². The van der Waals surface area contributed by atoms with Gasteiger partial charge >= 0.3 is 0 Å². The van der Waals surface area contributed by atoms with Crippen molar-refractivity contribution in [1.82, 2.24) is 0 Å². The van der Waals surface area contributed by atoms with E-state index in [0.29, 0.717) is 0 Å². The van der Waals surface area contributed by atoms with E-state index in [1.807, 2.05) is 176 Å². The Morgan fingerprint density at radius 3 is 1.41 bits per heavy atom. The first kappa shape index (κ1) is 50.1. The molecular formula is C57H58INO11. The molecule has 11 atom stereocenters. The van der Waals surface area contributed by atoms with E-state index in [0.717, 1.165) is 37.0 Å². The second-order valence-corrected chi connectivity index (χ2v) is 18.6. The van der Waals surface area contributed by atoms with Crippen molar-refractivity contribution in [3.63, 3.8) is 0 Å². The van der Waals surface area contributed by atoms with E-state index in [1.165, 1.54) is 0 Å². The Hall–Kier alpha value is -4.90. The smallest absolute Gasteiger partial charge is 0.264 e. The minimum Gasteiger partial charge on any atom is -0.368 e. The minimum absolute atomic E-state index is 0.0302. The summed E-state index contributed by atoms with van der Waals surface area (Å²) in [6, 6.07) is 59.9. The van der Waals surface area contributed by atoms with Crippen LogP contribution in [0.25, 0.3) is 0 Å². The van der Waals surface area contributed by atoms with Gasteiger partial charge in [-0.05, 0) is 62.0 Å². The lowest BCUT2D eigenvalue weighted by atomic mass is 9.95. The van der Waals surface area contributed by atoms with Crippen LogP contribution in [0.1, 0.15) is 33.4 Å². The molecule has 13 heteroatoms. The molecule has 0 aromatic heterocycles. The van der Waals surface area contributed by atoms with Crippen LogP contribution in [0.3, 0.4) is 0 Å². The van der Waals surface area contributed by atoms with Gasteiger partial charge in [0.1, 0.15) is 54.9 Å². The predicted octanol–water partition coefficient (Wildman–Crippen LogP) is 9.51. The molecule has 9 rings (SSSR count). The Labute approximate surface area is 423 Å². The third-order valence-electron chi connectivity index (χ3n) is 12.6. The number of halogens is 1. The summed E-state index contributed by atoms with van der Waals surface area (Å²) in [5, 5.41) is 10.8. The zero-order valence-corrected chi connectivity index (χ0v) is 41.1.